The molecule has 24 heavy (non-hydrogen) atoms. The van der Waals surface area contributed by atoms with E-state index in [1.807, 2.05) is 24.3 Å². The van der Waals surface area contributed by atoms with Crippen molar-refractivity contribution in [1.29, 1.82) is 5.26 Å². The van der Waals surface area contributed by atoms with Crippen LogP contribution in [0.5, 0.6) is 0 Å². The molecule has 1 fully saturated rings. The van der Waals surface area contributed by atoms with Crippen molar-refractivity contribution in [2.45, 2.75) is 44.4 Å². The summed E-state index contributed by atoms with van der Waals surface area (Å²) in [5.74, 6) is 1.50. The monoisotopic (exact) mass is 319 g/mol. The molecule has 1 saturated carbocycles. The Morgan fingerprint density at radius 3 is 2.00 bits per heavy atom. The summed E-state index contributed by atoms with van der Waals surface area (Å²) >= 11 is 0. The maximum absolute atomic E-state index is 8.96. The quantitative estimate of drug-likeness (QED) is 0.815. The maximum atomic E-state index is 8.96. The highest BCUT2D eigenvalue weighted by molar-refractivity contribution is 5.64. The molecule has 0 aromatic heterocycles. The molecule has 124 valence electrons. The van der Waals surface area contributed by atoms with Gasteiger partial charge in [0.25, 0.3) is 0 Å². The van der Waals surface area contributed by atoms with Crippen molar-refractivity contribution in [2.24, 2.45) is 5.92 Å². The summed E-state index contributed by atoms with van der Waals surface area (Å²) in [5.41, 5.74) is 4.52. The van der Waals surface area contributed by atoms with Gasteiger partial charge < -0.3 is 5.11 Å². The van der Waals surface area contributed by atoms with Crippen molar-refractivity contribution in [2.75, 3.05) is 6.61 Å². The average Bonchev–Trinajstić information content (AvgIpc) is 2.67. The number of aliphatic hydroxyl groups is 1. The normalized spacial score (nSPS) is 20.5. The third kappa shape index (κ3) is 4.04. The number of nitriles is 1. The zero-order valence-electron chi connectivity index (χ0n) is 14.1. The van der Waals surface area contributed by atoms with E-state index in [4.69, 9.17) is 10.4 Å². The Morgan fingerprint density at radius 2 is 1.46 bits per heavy atom. The Hall–Kier alpha value is -2.11. The molecule has 3 rings (SSSR count). The van der Waals surface area contributed by atoms with E-state index in [9.17, 15) is 0 Å². The molecule has 0 spiro atoms. The van der Waals surface area contributed by atoms with Crippen molar-refractivity contribution in [3.05, 3.63) is 59.7 Å². The van der Waals surface area contributed by atoms with E-state index in [1.165, 1.54) is 43.2 Å². The fourth-order valence-corrected chi connectivity index (χ4v) is 3.85. The molecule has 0 aliphatic heterocycles. The molecule has 1 N–H and O–H groups in total. The molecular formula is C22H25NO. The summed E-state index contributed by atoms with van der Waals surface area (Å²) in [7, 11) is 0. The van der Waals surface area contributed by atoms with Crippen molar-refractivity contribution >= 4 is 0 Å². The van der Waals surface area contributed by atoms with Crippen LogP contribution in [0, 0.1) is 17.2 Å². The van der Waals surface area contributed by atoms with Crippen LogP contribution in [0.2, 0.25) is 0 Å². The highest BCUT2D eigenvalue weighted by Crippen LogP contribution is 2.38. The van der Waals surface area contributed by atoms with Gasteiger partial charge in [-0.05, 0) is 79.2 Å². The van der Waals surface area contributed by atoms with E-state index in [-0.39, 0.29) is 0 Å². The smallest absolute Gasteiger partial charge is 0.0991 e. The maximum Gasteiger partial charge on any atom is 0.0991 e. The van der Waals surface area contributed by atoms with E-state index in [2.05, 4.69) is 30.3 Å². The van der Waals surface area contributed by atoms with Gasteiger partial charge in [-0.15, -0.1) is 0 Å². The first-order valence-corrected chi connectivity index (χ1v) is 9.01. The third-order valence-corrected chi connectivity index (χ3v) is 5.35. The zero-order valence-corrected chi connectivity index (χ0v) is 14.1. The molecule has 2 heteroatoms. The lowest BCUT2D eigenvalue weighted by molar-refractivity contribution is 0.246. The Balaban J connectivity index is 1.61. The van der Waals surface area contributed by atoms with Gasteiger partial charge in [0.15, 0.2) is 0 Å². The van der Waals surface area contributed by atoms with Crippen LogP contribution >= 0.6 is 0 Å². The largest absolute Gasteiger partial charge is 0.396 e. The fraction of sp³-hybridized carbons (Fsp3) is 0.409. The summed E-state index contributed by atoms with van der Waals surface area (Å²) in [6, 6.07) is 18.9. The number of aliphatic hydroxyl groups excluding tert-OH is 1. The Labute approximate surface area is 144 Å². The van der Waals surface area contributed by atoms with Gasteiger partial charge in [-0.1, -0.05) is 36.4 Å². The van der Waals surface area contributed by atoms with E-state index in [0.29, 0.717) is 18.1 Å². The lowest BCUT2D eigenvalue weighted by atomic mass is 9.77. The second-order valence-electron chi connectivity index (χ2n) is 6.89. The second kappa shape index (κ2) is 8.13. The van der Waals surface area contributed by atoms with Crippen LogP contribution in [0.1, 0.15) is 55.6 Å². The van der Waals surface area contributed by atoms with Gasteiger partial charge in [0.1, 0.15) is 0 Å². The van der Waals surface area contributed by atoms with Crippen LogP contribution in [0.3, 0.4) is 0 Å². The topological polar surface area (TPSA) is 44.0 Å². The van der Waals surface area contributed by atoms with Gasteiger partial charge in [0.2, 0.25) is 0 Å². The first-order valence-electron chi connectivity index (χ1n) is 9.01. The van der Waals surface area contributed by atoms with Crippen LogP contribution in [0.4, 0.5) is 0 Å². The van der Waals surface area contributed by atoms with Crippen LogP contribution in [-0.2, 0) is 0 Å². The van der Waals surface area contributed by atoms with Crippen molar-refractivity contribution < 1.29 is 5.11 Å². The third-order valence-electron chi connectivity index (χ3n) is 5.35. The summed E-state index contributed by atoms with van der Waals surface area (Å²) in [4.78, 5) is 0. The summed E-state index contributed by atoms with van der Waals surface area (Å²) in [5, 5.41) is 17.8. The van der Waals surface area contributed by atoms with Gasteiger partial charge in [-0.2, -0.15) is 5.26 Å². The second-order valence-corrected chi connectivity index (χ2v) is 6.89. The Kier molecular flexibility index (Phi) is 5.67. The number of hydrogen-bond donors (Lipinski definition) is 1. The summed E-state index contributed by atoms with van der Waals surface area (Å²) in [6.45, 7) is 0.330. The fourth-order valence-electron chi connectivity index (χ4n) is 3.85. The molecular weight excluding hydrogens is 294 g/mol. The highest BCUT2D eigenvalue weighted by Gasteiger charge is 2.21. The predicted octanol–water partition coefficient (Wildman–Crippen LogP) is 5.27. The van der Waals surface area contributed by atoms with Crippen LogP contribution in [-0.4, -0.2) is 11.7 Å². The summed E-state index contributed by atoms with van der Waals surface area (Å²) < 4.78 is 0. The lowest BCUT2D eigenvalue weighted by Gasteiger charge is -2.28. The number of rotatable bonds is 5. The van der Waals surface area contributed by atoms with Crippen molar-refractivity contribution in [3.63, 3.8) is 0 Å². The molecule has 1 aliphatic rings. The van der Waals surface area contributed by atoms with E-state index in [0.717, 1.165) is 17.9 Å². The zero-order chi connectivity index (χ0) is 16.8. The number of nitrogens with zero attached hydrogens (tertiary/aromatic N) is 1. The molecule has 0 unspecified atom stereocenters. The standard InChI is InChI=1S/C22H25NO/c23-16-18-5-9-20(10-6-18)22-13-11-21(12-14-22)19-7-3-17(4-8-19)2-1-15-24/h5-6,9-14,17,19,24H,1-4,7-8,15H2. The van der Waals surface area contributed by atoms with E-state index in [1.54, 1.807) is 0 Å². The minimum Gasteiger partial charge on any atom is -0.396 e. The van der Waals surface area contributed by atoms with Crippen LogP contribution in [0.15, 0.2) is 48.5 Å². The van der Waals surface area contributed by atoms with Gasteiger partial charge >= 0.3 is 0 Å². The van der Waals surface area contributed by atoms with Crippen molar-refractivity contribution in [1.82, 2.24) is 0 Å². The molecule has 1 aliphatic carbocycles. The summed E-state index contributed by atoms with van der Waals surface area (Å²) in [6.07, 6.45) is 7.26. The highest BCUT2D eigenvalue weighted by atomic mass is 16.2. The molecule has 0 saturated heterocycles. The molecule has 0 heterocycles. The predicted molar refractivity (Wildman–Crippen MR) is 97.6 cm³/mol. The van der Waals surface area contributed by atoms with E-state index >= 15 is 0 Å². The van der Waals surface area contributed by atoms with E-state index < -0.39 is 0 Å². The lowest BCUT2D eigenvalue weighted by Crippen LogP contribution is -2.13. The first-order chi connectivity index (χ1) is 11.8. The van der Waals surface area contributed by atoms with Gasteiger partial charge in [-0.3, -0.25) is 0 Å². The van der Waals surface area contributed by atoms with Gasteiger partial charge in [-0.25, -0.2) is 0 Å². The minimum atomic E-state index is 0.330. The molecule has 0 amide bonds. The van der Waals surface area contributed by atoms with Gasteiger partial charge in [0, 0.05) is 6.61 Å². The molecule has 0 bridgehead atoms. The molecule has 0 atom stereocenters. The molecule has 2 aromatic carbocycles. The molecule has 0 radical (unpaired) electrons. The minimum absolute atomic E-state index is 0.330. The average molecular weight is 319 g/mol. The number of benzene rings is 2. The van der Waals surface area contributed by atoms with Gasteiger partial charge in [0.05, 0.1) is 11.6 Å². The first kappa shape index (κ1) is 16.7. The SMILES string of the molecule is N#Cc1ccc(-c2ccc(C3CCC(CCCO)CC3)cc2)cc1. The number of hydrogen-bond acceptors (Lipinski definition) is 2. The van der Waals surface area contributed by atoms with Crippen LogP contribution < -0.4 is 0 Å². The van der Waals surface area contributed by atoms with Crippen LogP contribution in [0.25, 0.3) is 11.1 Å². The van der Waals surface area contributed by atoms with Crippen molar-refractivity contribution in [3.8, 4) is 17.2 Å². The Morgan fingerprint density at radius 1 is 0.875 bits per heavy atom. The Bertz CT molecular complexity index is 673. The molecule has 2 nitrogen and oxygen atoms in total. The molecule has 2 aromatic rings.